The van der Waals surface area contributed by atoms with Crippen LogP contribution in [-0.2, 0) is 16.1 Å². The summed E-state index contributed by atoms with van der Waals surface area (Å²) in [6.07, 6.45) is 1.56. The number of hydrogen-bond donors (Lipinski definition) is 2. The number of rotatable bonds is 6. The third-order valence-corrected chi connectivity index (χ3v) is 2.99. The second kappa shape index (κ2) is 8.00. The van der Waals surface area contributed by atoms with Crippen LogP contribution in [0.3, 0.4) is 0 Å². The number of furan rings is 1. The van der Waals surface area contributed by atoms with Gasteiger partial charge in [0.25, 0.3) is 0 Å². The Labute approximate surface area is 134 Å². The third-order valence-electron chi connectivity index (χ3n) is 2.99. The molecule has 1 heterocycles. The highest BCUT2D eigenvalue weighted by Crippen LogP contribution is 2.16. The maximum atomic E-state index is 12.1. The fourth-order valence-electron chi connectivity index (χ4n) is 1.93. The van der Waals surface area contributed by atoms with Crippen molar-refractivity contribution in [3.8, 4) is 0 Å². The molecule has 0 atom stereocenters. The fraction of sp³-hybridized carbons (Fsp3) is 0.250. The minimum atomic E-state index is -0.276. The molecule has 1 aromatic heterocycles. The first-order chi connectivity index (χ1) is 11.1. The van der Waals surface area contributed by atoms with E-state index >= 15 is 0 Å². The Bertz CT molecular complexity index is 655. The van der Waals surface area contributed by atoms with Crippen LogP contribution < -0.4 is 10.6 Å². The van der Waals surface area contributed by atoms with Crippen molar-refractivity contribution in [1.82, 2.24) is 4.90 Å². The van der Waals surface area contributed by atoms with Crippen LogP contribution in [0.15, 0.2) is 47.1 Å². The summed E-state index contributed by atoms with van der Waals surface area (Å²) in [5.41, 5.74) is 1.16. The van der Waals surface area contributed by atoms with E-state index in [1.165, 1.54) is 12.0 Å². The standard InChI is InChI=1S/C16H19N3O4/c1-19(10-14-7-4-8-23-14)16(21)18-13-6-3-5-12(9-13)17-15(20)11-22-2/h3-9H,10-11H2,1-2H3,(H,17,20)(H,18,21). The van der Waals surface area contributed by atoms with Gasteiger partial charge in [-0.05, 0) is 30.3 Å². The monoisotopic (exact) mass is 317 g/mol. The number of ether oxygens (including phenoxy) is 1. The molecule has 0 aliphatic carbocycles. The number of methoxy groups -OCH3 is 1. The first-order valence-electron chi connectivity index (χ1n) is 7.02. The van der Waals surface area contributed by atoms with Crippen LogP contribution in [0.2, 0.25) is 0 Å². The molecule has 0 spiro atoms. The van der Waals surface area contributed by atoms with Crippen molar-refractivity contribution < 1.29 is 18.7 Å². The van der Waals surface area contributed by atoms with Gasteiger partial charge in [-0.15, -0.1) is 0 Å². The molecule has 0 fully saturated rings. The topological polar surface area (TPSA) is 83.8 Å². The van der Waals surface area contributed by atoms with Gasteiger partial charge < -0.3 is 24.7 Å². The number of carbonyl (C=O) groups excluding carboxylic acids is 2. The van der Waals surface area contributed by atoms with Crippen LogP contribution in [0.25, 0.3) is 0 Å². The molecule has 0 radical (unpaired) electrons. The summed E-state index contributed by atoms with van der Waals surface area (Å²) in [6, 6.07) is 10.2. The van der Waals surface area contributed by atoms with Gasteiger partial charge in [0.2, 0.25) is 5.91 Å². The van der Waals surface area contributed by atoms with Gasteiger partial charge in [-0.25, -0.2) is 4.79 Å². The fourth-order valence-corrected chi connectivity index (χ4v) is 1.93. The molecule has 7 nitrogen and oxygen atoms in total. The van der Waals surface area contributed by atoms with Gasteiger partial charge in [-0.1, -0.05) is 6.07 Å². The maximum absolute atomic E-state index is 12.1. The lowest BCUT2D eigenvalue weighted by molar-refractivity contribution is -0.119. The molecule has 2 rings (SSSR count). The molecule has 2 N–H and O–H groups in total. The van der Waals surface area contributed by atoms with E-state index in [4.69, 9.17) is 9.15 Å². The van der Waals surface area contributed by atoms with Crippen molar-refractivity contribution in [3.05, 3.63) is 48.4 Å². The van der Waals surface area contributed by atoms with Gasteiger partial charge in [-0.2, -0.15) is 0 Å². The lowest BCUT2D eigenvalue weighted by Crippen LogP contribution is -2.30. The van der Waals surface area contributed by atoms with E-state index in [1.54, 1.807) is 49.7 Å². The van der Waals surface area contributed by atoms with Gasteiger partial charge in [-0.3, -0.25) is 4.79 Å². The number of nitrogens with zero attached hydrogens (tertiary/aromatic N) is 1. The van der Waals surface area contributed by atoms with E-state index in [0.717, 1.165) is 0 Å². The van der Waals surface area contributed by atoms with E-state index in [9.17, 15) is 9.59 Å². The van der Waals surface area contributed by atoms with Crippen LogP contribution in [0.5, 0.6) is 0 Å². The maximum Gasteiger partial charge on any atom is 0.321 e. The van der Waals surface area contributed by atoms with Crippen molar-refractivity contribution in [3.63, 3.8) is 0 Å². The Kier molecular flexibility index (Phi) is 5.76. The van der Waals surface area contributed by atoms with E-state index in [-0.39, 0.29) is 18.5 Å². The van der Waals surface area contributed by atoms with Gasteiger partial charge >= 0.3 is 6.03 Å². The zero-order chi connectivity index (χ0) is 16.7. The second-order valence-electron chi connectivity index (χ2n) is 4.93. The molecule has 1 aromatic carbocycles. The number of hydrogen-bond acceptors (Lipinski definition) is 4. The van der Waals surface area contributed by atoms with E-state index in [2.05, 4.69) is 10.6 Å². The minimum Gasteiger partial charge on any atom is -0.467 e. The number of nitrogens with one attached hydrogen (secondary N) is 2. The van der Waals surface area contributed by atoms with Crippen molar-refractivity contribution in [2.75, 3.05) is 31.4 Å². The molecule has 0 aliphatic heterocycles. The average Bonchev–Trinajstić information content (AvgIpc) is 3.00. The quantitative estimate of drug-likeness (QED) is 0.857. The SMILES string of the molecule is COCC(=O)Nc1cccc(NC(=O)N(C)Cc2ccco2)c1. The lowest BCUT2D eigenvalue weighted by atomic mass is 10.2. The van der Waals surface area contributed by atoms with Gasteiger partial charge in [0.05, 0.1) is 12.8 Å². The Balaban J connectivity index is 1.93. The first kappa shape index (κ1) is 16.6. The van der Waals surface area contributed by atoms with E-state index in [0.29, 0.717) is 23.7 Å². The number of amides is 3. The predicted octanol–water partition coefficient (Wildman–Crippen LogP) is 2.53. The van der Waals surface area contributed by atoms with Gasteiger partial charge in [0.1, 0.15) is 12.4 Å². The molecule has 0 aliphatic rings. The van der Waals surface area contributed by atoms with Crippen LogP contribution in [-0.4, -0.2) is 37.6 Å². The molecule has 2 aromatic rings. The summed E-state index contributed by atoms with van der Waals surface area (Å²) in [5, 5.41) is 5.44. The first-order valence-corrected chi connectivity index (χ1v) is 7.02. The van der Waals surface area contributed by atoms with Crippen molar-refractivity contribution in [2.24, 2.45) is 0 Å². The summed E-state index contributed by atoms with van der Waals surface area (Å²) in [4.78, 5) is 25.1. The molecule has 0 bridgehead atoms. The average molecular weight is 317 g/mol. The van der Waals surface area contributed by atoms with E-state index < -0.39 is 0 Å². The molecule has 0 saturated carbocycles. The minimum absolute atomic E-state index is 0.0253. The molecule has 3 amide bonds. The second-order valence-corrected chi connectivity index (χ2v) is 4.93. The van der Waals surface area contributed by atoms with Crippen LogP contribution in [0.4, 0.5) is 16.2 Å². The number of carbonyl (C=O) groups is 2. The molecular weight excluding hydrogens is 298 g/mol. The molecule has 23 heavy (non-hydrogen) atoms. The Morgan fingerprint density at radius 3 is 2.57 bits per heavy atom. The van der Waals surface area contributed by atoms with Crippen LogP contribution >= 0.6 is 0 Å². The number of anilines is 2. The molecular formula is C16H19N3O4. The summed E-state index contributed by atoms with van der Waals surface area (Å²) in [7, 11) is 3.12. The molecule has 7 heteroatoms. The normalized spacial score (nSPS) is 10.2. The smallest absolute Gasteiger partial charge is 0.321 e. The summed E-state index contributed by atoms with van der Waals surface area (Å²) in [5.74, 6) is 0.439. The lowest BCUT2D eigenvalue weighted by Gasteiger charge is -2.17. The summed E-state index contributed by atoms with van der Waals surface area (Å²) in [6.45, 7) is 0.339. The zero-order valence-electron chi connectivity index (χ0n) is 13.0. The Hall–Kier alpha value is -2.80. The van der Waals surface area contributed by atoms with Crippen molar-refractivity contribution >= 4 is 23.3 Å². The predicted molar refractivity (Wildman–Crippen MR) is 86.1 cm³/mol. The number of urea groups is 1. The molecule has 0 unspecified atom stereocenters. The Morgan fingerprint density at radius 1 is 1.17 bits per heavy atom. The third kappa shape index (κ3) is 5.15. The van der Waals surface area contributed by atoms with Crippen LogP contribution in [0, 0.1) is 0 Å². The molecule has 122 valence electrons. The summed E-state index contributed by atoms with van der Waals surface area (Å²) >= 11 is 0. The van der Waals surface area contributed by atoms with Crippen molar-refractivity contribution in [2.45, 2.75) is 6.54 Å². The highest BCUT2D eigenvalue weighted by Gasteiger charge is 2.11. The van der Waals surface area contributed by atoms with E-state index in [1.807, 2.05) is 0 Å². The molecule has 0 saturated heterocycles. The highest BCUT2D eigenvalue weighted by atomic mass is 16.5. The largest absolute Gasteiger partial charge is 0.467 e. The highest BCUT2D eigenvalue weighted by molar-refractivity contribution is 5.94. The zero-order valence-corrected chi connectivity index (χ0v) is 13.0. The van der Waals surface area contributed by atoms with Gasteiger partial charge in [0, 0.05) is 25.5 Å². The van der Waals surface area contributed by atoms with Gasteiger partial charge in [0.15, 0.2) is 0 Å². The van der Waals surface area contributed by atoms with Crippen LogP contribution in [0.1, 0.15) is 5.76 Å². The number of benzene rings is 1. The summed E-state index contributed by atoms with van der Waals surface area (Å²) < 4.78 is 9.96. The van der Waals surface area contributed by atoms with Crippen molar-refractivity contribution in [1.29, 1.82) is 0 Å². The Morgan fingerprint density at radius 2 is 1.91 bits per heavy atom.